The molecule has 1 N–H and O–H groups in total. The van der Waals surface area contributed by atoms with Crippen LogP contribution in [-0.2, 0) is 17.8 Å². The van der Waals surface area contributed by atoms with Crippen molar-refractivity contribution < 1.29 is 9.72 Å². The lowest BCUT2D eigenvalue weighted by molar-refractivity contribution is -0.389. The molecule has 1 unspecified atom stereocenters. The third kappa shape index (κ3) is 4.41. The predicted molar refractivity (Wildman–Crippen MR) is 90.4 cm³/mol. The fourth-order valence-corrected chi connectivity index (χ4v) is 2.50. The number of benzene rings is 1. The Morgan fingerprint density at radius 3 is 2.46 bits per heavy atom. The Bertz CT molecular complexity index is 707. The van der Waals surface area contributed by atoms with E-state index in [9.17, 15) is 14.9 Å². The third-order valence-electron chi connectivity index (χ3n) is 3.85. The van der Waals surface area contributed by atoms with Crippen molar-refractivity contribution in [1.82, 2.24) is 15.1 Å². The van der Waals surface area contributed by atoms with Gasteiger partial charge in [0.2, 0.25) is 5.91 Å². The molecule has 0 aliphatic rings. The monoisotopic (exact) mass is 330 g/mol. The SMILES string of the molecule is CCc1ccc(C(NC(=O)Cn2ccc([N+](=O)[O-])n2)C(C)C)cc1. The molecule has 0 saturated heterocycles. The zero-order chi connectivity index (χ0) is 17.7. The summed E-state index contributed by atoms with van der Waals surface area (Å²) in [5, 5.41) is 17.4. The van der Waals surface area contributed by atoms with E-state index in [2.05, 4.69) is 29.5 Å². The average molecular weight is 330 g/mol. The summed E-state index contributed by atoms with van der Waals surface area (Å²) in [7, 11) is 0. The minimum absolute atomic E-state index is 0.0515. The highest BCUT2D eigenvalue weighted by atomic mass is 16.6. The Kier molecular flexibility index (Phi) is 5.68. The van der Waals surface area contributed by atoms with E-state index in [0.717, 1.165) is 12.0 Å². The van der Waals surface area contributed by atoms with Crippen molar-refractivity contribution in [1.29, 1.82) is 0 Å². The number of rotatable bonds is 7. The number of carbonyl (C=O) groups is 1. The van der Waals surface area contributed by atoms with E-state index < -0.39 is 4.92 Å². The van der Waals surface area contributed by atoms with Crippen molar-refractivity contribution in [2.24, 2.45) is 5.92 Å². The van der Waals surface area contributed by atoms with Gasteiger partial charge in [-0.1, -0.05) is 45.0 Å². The smallest absolute Gasteiger partial charge is 0.358 e. The van der Waals surface area contributed by atoms with Crippen molar-refractivity contribution in [3.05, 3.63) is 57.8 Å². The van der Waals surface area contributed by atoms with E-state index in [1.165, 1.54) is 22.5 Å². The molecule has 2 aromatic rings. The molecule has 1 aromatic heterocycles. The zero-order valence-corrected chi connectivity index (χ0v) is 14.1. The average Bonchev–Trinajstić information content (AvgIpc) is 3.01. The maximum atomic E-state index is 12.3. The molecule has 0 spiro atoms. The van der Waals surface area contributed by atoms with Gasteiger partial charge < -0.3 is 15.4 Å². The second kappa shape index (κ2) is 7.72. The van der Waals surface area contributed by atoms with E-state index in [1.807, 2.05) is 26.0 Å². The van der Waals surface area contributed by atoms with Crippen molar-refractivity contribution in [3.63, 3.8) is 0 Å². The van der Waals surface area contributed by atoms with Gasteiger partial charge in [-0.25, -0.2) is 0 Å². The Morgan fingerprint density at radius 2 is 1.96 bits per heavy atom. The van der Waals surface area contributed by atoms with E-state index in [0.29, 0.717) is 0 Å². The van der Waals surface area contributed by atoms with Crippen LogP contribution in [0.25, 0.3) is 0 Å². The number of nitrogens with one attached hydrogen (secondary N) is 1. The molecule has 0 bridgehead atoms. The highest BCUT2D eigenvalue weighted by molar-refractivity contribution is 5.76. The molecule has 128 valence electrons. The Hall–Kier alpha value is -2.70. The second-order valence-electron chi connectivity index (χ2n) is 6.01. The van der Waals surface area contributed by atoms with E-state index in [-0.39, 0.29) is 30.2 Å². The number of amides is 1. The molecule has 1 amide bonds. The van der Waals surface area contributed by atoms with Gasteiger partial charge >= 0.3 is 5.82 Å². The highest BCUT2D eigenvalue weighted by Gasteiger charge is 2.20. The molecular formula is C17H22N4O3. The molecule has 7 heteroatoms. The standard InChI is InChI=1S/C17H22N4O3/c1-4-13-5-7-14(8-6-13)17(12(2)3)18-16(22)11-20-10-9-15(19-20)21(23)24/h5-10,12,17H,4,11H2,1-3H3,(H,18,22). The van der Waals surface area contributed by atoms with Gasteiger partial charge in [-0.2, -0.15) is 4.68 Å². The largest absolute Gasteiger partial charge is 0.389 e. The van der Waals surface area contributed by atoms with Gasteiger partial charge in [0.05, 0.1) is 23.4 Å². The van der Waals surface area contributed by atoms with Crippen molar-refractivity contribution in [2.45, 2.75) is 39.8 Å². The molecule has 7 nitrogen and oxygen atoms in total. The van der Waals surface area contributed by atoms with Crippen LogP contribution < -0.4 is 5.32 Å². The fourth-order valence-electron chi connectivity index (χ4n) is 2.50. The molecule has 1 aromatic carbocycles. The number of aromatic nitrogens is 2. The Labute approximate surface area is 140 Å². The number of nitrogens with zero attached hydrogens (tertiary/aromatic N) is 3. The number of hydrogen-bond acceptors (Lipinski definition) is 4. The molecule has 24 heavy (non-hydrogen) atoms. The summed E-state index contributed by atoms with van der Waals surface area (Å²) in [6.07, 6.45) is 2.40. The first-order valence-corrected chi connectivity index (χ1v) is 7.96. The minimum atomic E-state index is -0.583. The molecular weight excluding hydrogens is 308 g/mol. The zero-order valence-electron chi connectivity index (χ0n) is 14.1. The predicted octanol–water partition coefficient (Wildman–Crippen LogP) is 2.87. The van der Waals surface area contributed by atoms with Gasteiger partial charge in [-0.3, -0.25) is 4.79 Å². The molecule has 2 rings (SSSR count). The van der Waals surface area contributed by atoms with E-state index in [1.54, 1.807) is 0 Å². The molecule has 0 saturated carbocycles. The van der Waals surface area contributed by atoms with Crippen LogP contribution in [0.4, 0.5) is 5.82 Å². The molecule has 1 atom stereocenters. The van der Waals surface area contributed by atoms with Crippen LogP contribution in [0, 0.1) is 16.0 Å². The van der Waals surface area contributed by atoms with Gasteiger partial charge in [-0.05, 0) is 28.4 Å². The summed E-state index contributed by atoms with van der Waals surface area (Å²) < 4.78 is 1.27. The molecule has 0 fully saturated rings. The van der Waals surface area contributed by atoms with Gasteiger partial charge in [0.25, 0.3) is 0 Å². The Balaban J connectivity index is 2.05. The van der Waals surface area contributed by atoms with Crippen LogP contribution in [0.5, 0.6) is 0 Å². The van der Waals surface area contributed by atoms with Crippen LogP contribution in [-0.4, -0.2) is 20.6 Å². The summed E-state index contributed by atoms with van der Waals surface area (Å²) >= 11 is 0. The van der Waals surface area contributed by atoms with Crippen LogP contribution in [0.3, 0.4) is 0 Å². The molecule has 0 aliphatic carbocycles. The van der Waals surface area contributed by atoms with Gasteiger partial charge in [0.1, 0.15) is 6.54 Å². The number of aryl methyl sites for hydroxylation is 1. The third-order valence-corrected chi connectivity index (χ3v) is 3.85. The normalized spacial score (nSPS) is 12.2. The van der Waals surface area contributed by atoms with Gasteiger partial charge in [-0.15, -0.1) is 0 Å². The topological polar surface area (TPSA) is 90.1 Å². The van der Waals surface area contributed by atoms with Crippen molar-refractivity contribution in [2.75, 3.05) is 0 Å². The van der Waals surface area contributed by atoms with Crippen molar-refractivity contribution in [3.8, 4) is 0 Å². The first-order chi connectivity index (χ1) is 11.4. The van der Waals surface area contributed by atoms with Crippen LogP contribution in [0.1, 0.15) is 37.9 Å². The number of carbonyl (C=O) groups excluding carboxylic acids is 1. The van der Waals surface area contributed by atoms with Gasteiger partial charge in [0, 0.05) is 0 Å². The van der Waals surface area contributed by atoms with E-state index >= 15 is 0 Å². The maximum absolute atomic E-state index is 12.3. The highest BCUT2D eigenvalue weighted by Crippen LogP contribution is 2.22. The summed E-state index contributed by atoms with van der Waals surface area (Å²) in [5.74, 6) is -0.280. The van der Waals surface area contributed by atoms with Gasteiger partial charge in [0.15, 0.2) is 0 Å². The van der Waals surface area contributed by atoms with Crippen LogP contribution in [0.2, 0.25) is 0 Å². The lowest BCUT2D eigenvalue weighted by Crippen LogP contribution is -2.34. The summed E-state index contributed by atoms with van der Waals surface area (Å²) in [5.41, 5.74) is 2.29. The van der Waals surface area contributed by atoms with Crippen LogP contribution in [0.15, 0.2) is 36.5 Å². The molecule has 1 heterocycles. The molecule has 0 radical (unpaired) electrons. The minimum Gasteiger partial charge on any atom is -0.358 e. The fraction of sp³-hybridized carbons (Fsp3) is 0.412. The molecule has 0 aliphatic heterocycles. The summed E-state index contributed by atoms with van der Waals surface area (Å²) in [4.78, 5) is 22.3. The Morgan fingerprint density at radius 1 is 1.29 bits per heavy atom. The first kappa shape index (κ1) is 17.7. The van der Waals surface area contributed by atoms with E-state index in [4.69, 9.17) is 0 Å². The lowest BCUT2D eigenvalue weighted by atomic mass is 9.95. The summed E-state index contributed by atoms with van der Waals surface area (Å²) in [6, 6.07) is 9.34. The second-order valence-corrected chi connectivity index (χ2v) is 6.01. The maximum Gasteiger partial charge on any atom is 0.389 e. The quantitative estimate of drug-likeness (QED) is 0.624. The number of nitro groups is 1. The van der Waals surface area contributed by atoms with Crippen molar-refractivity contribution >= 4 is 11.7 Å². The first-order valence-electron chi connectivity index (χ1n) is 7.96. The number of hydrogen-bond donors (Lipinski definition) is 1. The van der Waals surface area contributed by atoms with Crippen LogP contribution >= 0.6 is 0 Å². The lowest BCUT2D eigenvalue weighted by Gasteiger charge is -2.23. The summed E-state index contributed by atoms with van der Waals surface area (Å²) in [6.45, 7) is 6.12.